The van der Waals surface area contributed by atoms with E-state index in [0.717, 1.165) is 16.7 Å². The van der Waals surface area contributed by atoms with Gasteiger partial charge in [-0.05, 0) is 31.0 Å². The van der Waals surface area contributed by atoms with Gasteiger partial charge in [0.15, 0.2) is 5.82 Å². The van der Waals surface area contributed by atoms with E-state index in [1.807, 2.05) is 19.9 Å². The molecule has 1 aliphatic rings. The number of pyridine rings is 1. The van der Waals surface area contributed by atoms with Crippen molar-refractivity contribution < 1.29 is 19.4 Å². The summed E-state index contributed by atoms with van der Waals surface area (Å²) in [5.74, 6) is 0.539. The molecule has 1 aromatic carbocycles. The molecule has 0 aliphatic carbocycles. The third-order valence-corrected chi connectivity index (χ3v) is 5.23. The normalized spacial score (nSPS) is 13.4. The van der Waals surface area contributed by atoms with E-state index in [2.05, 4.69) is 20.5 Å². The molecule has 32 heavy (non-hydrogen) atoms. The van der Waals surface area contributed by atoms with Crippen molar-refractivity contribution in [2.45, 2.75) is 33.1 Å². The number of esters is 1. The fourth-order valence-corrected chi connectivity index (χ4v) is 3.56. The maximum Gasteiger partial charge on any atom is 0.338 e. The molecular formula is C22H22N6O4. The van der Waals surface area contributed by atoms with E-state index >= 15 is 0 Å². The first-order valence-electron chi connectivity index (χ1n) is 10.1. The van der Waals surface area contributed by atoms with E-state index in [1.54, 1.807) is 24.4 Å². The number of nitriles is 1. The van der Waals surface area contributed by atoms with Gasteiger partial charge in [0, 0.05) is 24.7 Å². The van der Waals surface area contributed by atoms with Crippen molar-refractivity contribution in [3.8, 4) is 17.6 Å². The van der Waals surface area contributed by atoms with Crippen molar-refractivity contribution in [3.05, 3.63) is 64.1 Å². The van der Waals surface area contributed by atoms with Gasteiger partial charge in [0.05, 0.1) is 36.4 Å². The number of ether oxygens (including phenoxy) is 2. The second-order valence-electron chi connectivity index (χ2n) is 7.24. The molecule has 0 spiro atoms. The number of aliphatic hydroxyl groups is 1. The SMILES string of the molecule is CCOc1cc(-n2ncc(CNCC(O)c3ccc4c(c3C)COC4=O)n2)ncc1C#N. The Labute approximate surface area is 184 Å². The number of aromatic nitrogens is 4. The molecule has 1 aliphatic heterocycles. The summed E-state index contributed by atoms with van der Waals surface area (Å²) in [5, 5.41) is 31.5. The number of cyclic esters (lactones) is 1. The lowest BCUT2D eigenvalue weighted by molar-refractivity contribution is 0.0535. The van der Waals surface area contributed by atoms with Crippen LogP contribution in [0.3, 0.4) is 0 Å². The van der Waals surface area contributed by atoms with E-state index < -0.39 is 6.10 Å². The molecule has 10 heteroatoms. The van der Waals surface area contributed by atoms with Crippen LogP contribution in [0.5, 0.6) is 5.75 Å². The number of carbonyl (C=O) groups excluding carboxylic acids is 1. The molecule has 0 saturated heterocycles. The molecule has 0 bridgehead atoms. The first-order valence-corrected chi connectivity index (χ1v) is 10.1. The minimum atomic E-state index is -0.750. The zero-order valence-electron chi connectivity index (χ0n) is 17.7. The van der Waals surface area contributed by atoms with Crippen molar-refractivity contribution in [2.75, 3.05) is 13.2 Å². The maximum absolute atomic E-state index is 11.7. The first-order chi connectivity index (χ1) is 15.5. The minimum absolute atomic E-state index is 0.242. The third-order valence-electron chi connectivity index (χ3n) is 5.23. The van der Waals surface area contributed by atoms with Gasteiger partial charge in [-0.2, -0.15) is 15.5 Å². The lowest BCUT2D eigenvalue weighted by Gasteiger charge is -2.16. The van der Waals surface area contributed by atoms with Crippen LogP contribution in [0, 0.1) is 18.3 Å². The number of nitrogens with one attached hydrogen (secondary N) is 1. The summed E-state index contributed by atoms with van der Waals surface area (Å²) in [6, 6.07) is 7.12. The van der Waals surface area contributed by atoms with Crippen LogP contribution in [0.2, 0.25) is 0 Å². The second-order valence-corrected chi connectivity index (χ2v) is 7.24. The molecule has 0 saturated carbocycles. The molecule has 0 amide bonds. The quantitative estimate of drug-likeness (QED) is 0.508. The Morgan fingerprint density at radius 1 is 1.41 bits per heavy atom. The Balaban J connectivity index is 1.39. The summed E-state index contributed by atoms with van der Waals surface area (Å²) in [5.41, 5.74) is 4.01. The van der Waals surface area contributed by atoms with E-state index in [9.17, 15) is 9.90 Å². The Hall–Kier alpha value is -3.81. The molecule has 0 radical (unpaired) electrons. The van der Waals surface area contributed by atoms with E-state index in [0.29, 0.717) is 48.1 Å². The monoisotopic (exact) mass is 434 g/mol. The molecule has 3 aromatic rings. The smallest absolute Gasteiger partial charge is 0.338 e. The topological polar surface area (TPSA) is 135 Å². The van der Waals surface area contributed by atoms with Crippen LogP contribution in [0.1, 0.15) is 51.3 Å². The highest BCUT2D eigenvalue weighted by Crippen LogP contribution is 2.28. The standard InChI is InChI=1S/C22H22N6O4/c1-3-31-20-6-21(25-8-14(20)7-23)28-26-10-15(27-28)9-24-11-19(29)16-4-5-17-18(13(16)2)12-32-22(17)30/h4-6,8,10,19,24,29H,3,9,11-12H2,1-2H3. The molecule has 1 atom stereocenters. The molecule has 2 N–H and O–H groups in total. The van der Waals surface area contributed by atoms with Crippen molar-refractivity contribution in [1.82, 2.24) is 25.3 Å². The van der Waals surface area contributed by atoms with E-state index in [4.69, 9.17) is 14.7 Å². The second kappa shape index (κ2) is 9.13. The van der Waals surface area contributed by atoms with Crippen molar-refractivity contribution in [1.29, 1.82) is 5.26 Å². The fourth-order valence-electron chi connectivity index (χ4n) is 3.56. The number of carbonyl (C=O) groups is 1. The van der Waals surface area contributed by atoms with Gasteiger partial charge in [-0.1, -0.05) is 6.07 Å². The number of benzene rings is 1. The number of fused-ring (bicyclic) bond motifs is 1. The number of rotatable bonds is 8. The molecule has 164 valence electrons. The molecule has 3 heterocycles. The third kappa shape index (κ3) is 4.16. The van der Waals surface area contributed by atoms with Crippen LogP contribution in [-0.4, -0.2) is 44.2 Å². The highest BCUT2D eigenvalue weighted by molar-refractivity contribution is 5.93. The van der Waals surface area contributed by atoms with Gasteiger partial charge in [-0.3, -0.25) is 0 Å². The highest BCUT2D eigenvalue weighted by Gasteiger charge is 2.25. The Bertz CT molecular complexity index is 1200. The molecule has 10 nitrogen and oxygen atoms in total. The number of nitrogens with zero attached hydrogens (tertiary/aromatic N) is 5. The lowest BCUT2D eigenvalue weighted by Crippen LogP contribution is -2.22. The van der Waals surface area contributed by atoms with Gasteiger partial charge in [0.1, 0.15) is 24.0 Å². The predicted octanol–water partition coefficient (Wildman–Crippen LogP) is 1.73. The summed E-state index contributed by atoms with van der Waals surface area (Å²) in [6.45, 7) is 5.07. The fraction of sp³-hybridized carbons (Fsp3) is 0.318. The Kier molecular flexibility index (Phi) is 6.11. The van der Waals surface area contributed by atoms with Crippen molar-refractivity contribution in [2.24, 2.45) is 0 Å². The van der Waals surface area contributed by atoms with Gasteiger partial charge in [-0.25, -0.2) is 9.78 Å². The van der Waals surface area contributed by atoms with Crippen LogP contribution in [-0.2, 0) is 17.9 Å². The van der Waals surface area contributed by atoms with E-state index in [-0.39, 0.29) is 12.6 Å². The van der Waals surface area contributed by atoms with Crippen molar-refractivity contribution in [3.63, 3.8) is 0 Å². The van der Waals surface area contributed by atoms with Crippen LogP contribution >= 0.6 is 0 Å². The summed E-state index contributed by atoms with van der Waals surface area (Å²) in [7, 11) is 0. The van der Waals surface area contributed by atoms with Gasteiger partial charge < -0.3 is 19.9 Å². The van der Waals surface area contributed by atoms with Crippen LogP contribution in [0.15, 0.2) is 30.6 Å². The summed E-state index contributed by atoms with van der Waals surface area (Å²) in [6.07, 6.45) is 2.28. The average Bonchev–Trinajstić information content (AvgIpc) is 3.41. The zero-order chi connectivity index (χ0) is 22.7. The Morgan fingerprint density at radius 2 is 2.25 bits per heavy atom. The van der Waals surface area contributed by atoms with Crippen LogP contribution < -0.4 is 10.1 Å². The van der Waals surface area contributed by atoms with Gasteiger partial charge in [0.2, 0.25) is 0 Å². The number of hydrogen-bond donors (Lipinski definition) is 2. The zero-order valence-corrected chi connectivity index (χ0v) is 17.7. The molecule has 1 unspecified atom stereocenters. The Morgan fingerprint density at radius 3 is 3.03 bits per heavy atom. The summed E-state index contributed by atoms with van der Waals surface area (Å²) >= 11 is 0. The lowest BCUT2D eigenvalue weighted by atomic mass is 9.95. The molecule has 2 aromatic heterocycles. The number of hydrogen-bond acceptors (Lipinski definition) is 9. The maximum atomic E-state index is 11.7. The summed E-state index contributed by atoms with van der Waals surface area (Å²) < 4.78 is 10.5. The number of aliphatic hydroxyl groups excluding tert-OH is 1. The molecule has 0 fully saturated rings. The van der Waals surface area contributed by atoms with E-state index in [1.165, 1.54) is 11.0 Å². The van der Waals surface area contributed by atoms with Crippen LogP contribution in [0.4, 0.5) is 0 Å². The largest absolute Gasteiger partial charge is 0.492 e. The highest BCUT2D eigenvalue weighted by atomic mass is 16.5. The summed E-state index contributed by atoms with van der Waals surface area (Å²) in [4.78, 5) is 17.2. The van der Waals surface area contributed by atoms with Gasteiger partial charge in [0.25, 0.3) is 0 Å². The molecular weight excluding hydrogens is 412 g/mol. The first kappa shape index (κ1) is 21.4. The van der Waals surface area contributed by atoms with Gasteiger partial charge >= 0.3 is 5.97 Å². The van der Waals surface area contributed by atoms with Crippen molar-refractivity contribution >= 4 is 5.97 Å². The van der Waals surface area contributed by atoms with Crippen LogP contribution in [0.25, 0.3) is 5.82 Å². The average molecular weight is 434 g/mol. The van der Waals surface area contributed by atoms with Gasteiger partial charge in [-0.15, -0.1) is 4.80 Å². The minimum Gasteiger partial charge on any atom is -0.492 e. The predicted molar refractivity (Wildman–Crippen MR) is 112 cm³/mol. The molecule has 4 rings (SSSR count).